The van der Waals surface area contributed by atoms with Gasteiger partial charge < -0.3 is 4.90 Å². The molecule has 0 bridgehead atoms. The van der Waals surface area contributed by atoms with E-state index in [9.17, 15) is 4.79 Å². The first-order chi connectivity index (χ1) is 11.7. The van der Waals surface area contributed by atoms with E-state index in [0.717, 1.165) is 24.2 Å². The van der Waals surface area contributed by atoms with Gasteiger partial charge in [0.25, 0.3) is 0 Å². The molecular weight excluding hydrogens is 298 g/mol. The van der Waals surface area contributed by atoms with Gasteiger partial charge in [-0.1, -0.05) is 36.4 Å². The molecule has 0 radical (unpaired) electrons. The second-order valence-electron chi connectivity index (χ2n) is 6.19. The molecule has 4 heteroatoms. The predicted molar refractivity (Wildman–Crippen MR) is 98.5 cm³/mol. The topological polar surface area (TPSA) is 44.7 Å². The maximum atomic E-state index is 11.9. The molecule has 1 heterocycles. The van der Waals surface area contributed by atoms with Gasteiger partial charge in [-0.15, -0.1) is 0 Å². The number of rotatable bonds is 5. The van der Waals surface area contributed by atoms with Crippen LogP contribution in [0.1, 0.15) is 29.5 Å². The number of nitrogens with one attached hydrogen (secondary N) is 1. The molecule has 2 aromatic rings. The molecule has 0 aliphatic carbocycles. The average Bonchev–Trinajstić information content (AvgIpc) is 3.12. The largest absolute Gasteiger partial charge is 0.372 e. The molecule has 1 amide bonds. The molecule has 0 aromatic heterocycles. The number of anilines is 1. The van der Waals surface area contributed by atoms with Crippen LogP contribution in [-0.2, 0) is 11.2 Å². The summed E-state index contributed by atoms with van der Waals surface area (Å²) in [6.07, 6.45) is 4.60. The molecule has 1 saturated heterocycles. The Morgan fingerprint density at radius 2 is 1.92 bits per heavy atom. The Morgan fingerprint density at radius 1 is 1.17 bits per heavy atom. The van der Waals surface area contributed by atoms with E-state index in [1.54, 1.807) is 6.21 Å². The van der Waals surface area contributed by atoms with Gasteiger partial charge in [-0.2, -0.15) is 5.10 Å². The zero-order chi connectivity index (χ0) is 16.8. The van der Waals surface area contributed by atoms with Crippen molar-refractivity contribution < 1.29 is 4.79 Å². The lowest BCUT2D eigenvalue weighted by Crippen LogP contribution is -2.20. The van der Waals surface area contributed by atoms with Crippen molar-refractivity contribution in [3.05, 3.63) is 65.2 Å². The minimum atomic E-state index is -0.108. The Labute approximate surface area is 143 Å². The van der Waals surface area contributed by atoms with E-state index in [0.29, 0.717) is 6.42 Å². The number of hydrogen-bond donors (Lipinski definition) is 1. The van der Waals surface area contributed by atoms with E-state index in [-0.39, 0.29) is 5.91 Å². The molecule has 0 saturated carbocycles. The average molecular weight is 321 g/mol. The zero-order valence-electron chi connectivity index (χ0n) is 14.0. The third-order valence-electron chi connectivity index (χ3n) is 4.32. The van der Waals surface area contributed by atoms with E-state index < -0.39 is 0 Å². The van der Waals surface area contributed by atoms with Gasteiger partial charge in [0.15, 0.2) is 0 Å². The lowest BCUT2D eigenvalue weighted by atomic mass is 10.1. The molecule has 0 unspecified atom stereocenters. The lowest BCUT2D eigenvalue weighted by molar-refractivity contribution is -0.120. The van der Waals surface area contributed by atoms with Crippen molar-refractivity contribution in [2.75, 3.05) is 18.0 Å². The quantitative estimate of drug-likeness (QED) is 0.678. The first kappa shape index (κ1) is 16.2. The molecule has 24 heavy (non-hydrogen) atoms. The minimum absolute atomic E-state index is 0.108. The van der Waals surface area contributed by atoms with Crippen LogP contribution in [0.25, 0.3) is 0 Å². The number of carbonyl (C=O) groups is 1. The van der Waals surface area contributed by atoms with Gasteiger partial charge in [0.2, 0.25) is 5.91 Å². The van der Waals surface area contributed by atoms with Crippen LogP contribution in [0.3, 0.4) is 0 Å². The number of nitrogens with zero attached hydrogens (tertiary/aromatic N) is 2. The van der Waals surface area contributed by atoms with Gasteiger partial charge in [0.05, 0.1) is 12.6 Å². The Morgan fingerprint density at radius 3 is 2.62 bits per heavy atom. The zero-order valence-corrected chi connectivity index (χ0v) is 14.0. The fourth-order valence-electron chi connectivity index (χ4n) is 2.97. The lowest BCUT2D eigenvalue weighted by Gasteiger charge is -2.18. The van der Waals surface area contributed by atoms with Crippen LogP contribution < -0.4 is 10.3 Å². The summed E-state index contributed by atoms with van der Waals surface area (Å²) in [6.45, 7) is 4.36. The molecule has 4 nitrogen and oxygen atoms in total. The number of amides is 1. The van der Waals surface area contributed by atoms with E-state index in [1.807, 2.05) is 30.3 Å². The van der Waals surface area contributed by atoms with Crippen LogP contribution in [0.4, 0.5) is 5.69 Å². The Hall–Kier alpha value is -2.62. The van der Waals surface area contributed by atoms with E-state index >= 15 is 0 Å². The highest BCUT2D eigenvalue weighted by molar-refractivity contribution is 5.85. The third-order valence-corrected chi connectivity index (χ3v) is 4.32. The summed E-state index contributed by atoms with van der Waals surface area (Å²) in [7, 11) is 0. The van der Waals surface area contributed by atoms with Crippen LogP contribution in [0, 0.1) is 6.92 Å². The third kappa shape index (κ3) is 4.22. The fraction of sp³-hybridized carbons (Fsp3) is 0.300. The van der Waals surface area contributed by atoms with Crippen molar-refractivity contribution in [1.29, 1.82) is 0 Å². The van der Waals surface area contributed by atoms with Crippen LogP contribution in [0.2, 0.25) is 0 Å². The van der Waals surface area contributed by atoms with Gasteiger partial charge in [-0.25, -0.2) is 5.43 Å². The first-order valence-corrected chi connectivity index (χ1v) is 8.44. The van der Waals surface area contributed by atoms with Gasteiger partial charge in [0, 0.05) is 18.8 Å². The number of hydrogen-bond acceptors (Lipinski definition) is 3. The van der Waals surface area contributed by atoms with Crippen LogP contribution in [0.15, 0.2) is 53.6 Å². The molecule has 3 rings (SSSR count). The maximum absolute atomic E-state index is 11.9. The van der Waals surface area contributed by atoms with Crippen molar-refractivity contribution in [3.8, 4) is 0 Å². The van der Waals surface area contributed by atoms with Crippen molar-refractivity contribution in [3.63, 3.8) is 0 Å². The van der Waals surface area contributed by atoms with Gasteiger partial charge >= 0.3 is 0 Å². The summed E-state index contributed by atoms with van der Waals surface area (Å²) in [5.41, 5.74) is 7.05. The standard InChI is InChI=1S/C20H23N3O/c1-16-13-19(23-11-5-6-12-23)10-9-18(16)15-21-22-20(24)14-17-7-3-2-4-8-17/h2-4,7-10,13,15H,5-6,11-12,14H2,1H3,(H,22,24)/b21-15-. The second kappa shape index (κ2) is 7.77. The van der Waals surface area contributed by atoms with Crippen molar-refractivity contribution in [2.24, 2.45) is 5.10 Å². The van der Waals surface area contributed by atoms with E-state index in [4.69, 9.17) is 0 Å². The Bertz CT molecular complexity index is 719. The highest BCUT2D eigenvalue weighted by Gasteiger charge is 2.12. The second-order valence-corrected chi connectivity index (χ2v) is 6.19. The summed E-state index contributed by atoms with van der Waals surface area (Å²) >= 11 is 0. The highest BCUT2D eigenvalue weighted by atomic mass is 16.2. The molecular formula is C20H23N3O. The monoisotopic (exact) mass is 321 g/mol. The summed E-state index contributed by atoms with van der Waals surface area (Å²) in [5, 5.41) is 4.09. The van der Waals surface area contributed by atoms with E-state index in [1.165, 1.54) is 24.1 Å². The van der Waals surface area contributed by atoms with Crippen LogP contribution in [0.5, 0.6) is 0 Å². The fourth-order valence-corrected chi connectivity index (χ4v) is 2.97. The van der Waals surface area contributed by atoms with Crippen molar-refractivity contribution in [2.45, 2.75) is 26.2 Å². The molecule has 1 N–H and O–H groups in total. The van der Waals surface area contributed by atoms with Crippen molar-refractivity contribution in [1.82, 2.24) is 5.43 Å². The van der Waals surface area contributed by atoms with Crippen LogP contribution >= 0.6 is 0 Å². The Kier molecular flexibility index (Phi) is 5.26. The minimum Gasteiger partial charge on any atom is -0.372 e. The summed E-state index contributed by atoms with van der Waals surface area (Å²) in [5.74, 6) is -0.108. The number of benzene rings is 2. The Balaban J connectivity index is 1.57. The molecule has 0 spiro atoms. The number of aryl methyl sites for hydroxylation is 1. The van der Waals surface area contributed by atoms with Gasteiger partial charge in [-0.3, -0.25) is 4.79 Å². The maximum Gasteiger partial charge on any atom is 0.244 e. The van der Waals surface area contributed by atoms with Crippen molar-refractivity contribution >= 4 is 17.8 Å². The molecule has 0 atom stereocenters. The smallest absolute Gasteiger partial charge is 0.244 e. The number of hydrazone groups is 1. The predicted octanol–water partition coefficient (Wildman–Crippen LogP) is 3.29. The number of carbonyl (C=O) groups excluding carboxylic acids is 1. The molecule has 1 aliphatic heterocycles. The summed E-state index contributed by atoms with van der Waals surface area (Å²) in [6, 6.07) is 16.1. The van der Waals surface area contributed by atoms with Crippen LogP contribution in [-0.4, -0.2) is 25.2 Å². The summed E-state index contributed by atoms with van der Waals surface area (Å²) < 4.78 is 0. The highest BCUT2D eigenvalue weighted by Crippen LogP contribution is 2.22. The SMILES string of the molecule is Cc1cc(N2CCCC2)ccc1/C=N\NC(=O)Cc1ccccc1. The molecule has 1 aliphatic rings. The first-order valence-electron chi connectivity index (χ1n) is 8.44. The molecule has 2 aromatic carbocycles. The summed E-state index contributed by atoms with van der Waals surface area (Å²) in [4.78, 5) is 14.3. The molecule has 1 fully saturated rings. The van der Waals surface area contributed by atoms with Gasteiger partial charge in [-0.05, 0) is 48.6 Å². The normalized spacial score (nSPS) is 14.3. The van der Waals surface area contributed by atoms with Gasteiger partial charge in [0.1, 0.15) is 0 Å². The van der Waals surface area contributed by atoms with E-state index in [2.05, 4.69) is 40.5 Å². The molecule has 124 valence electrons.